The Labute approximate surface area is 151 Å². The van der Waals surface area contributed by atoms with E-state index in [-0.39, 0.29) is 22.6 Å². The molecule has 0 spiro atoms. The van der Waals surface area contributed by atoms with Gasteiger partial charge in [0.1, 0.15) is 0 Å². The zero-order valence-electron chi connectivity index (χ0n) is 14.4. The zero-order chi connectivity index (χ0) is 19.1. The van der Waals surface area contributed by atoms with Crippen molar-refractivity contribution in [2.45, 2.75) is 6.42 Å². The van der Waals surface area contributed by atoms with Crippen molar-refractivity contribution in [2.75, 3.05) is 14.2 Å². The summed E-state index contributed by atoms with van der Waals surface area (Å²) < 4.78 is 15.5. The van der Waals surface area contributed by atoms with Crippen LogP contribution in [0.2, 0.25) is 0 Å². The molecule has 0 aliphatic carbocycles. The van der Waals surface area contributed by atoms with Crippen molar-refractivity contribution in [1.29, 1.82) is 5.26 Å². The Morgan fingerprint density at radius 1 is 1.12 bits per heavy atom. The van der Waals surface area contributed by atoms with Crippen LogP contribution in [-0.4, -0.2) is 26.2 Å². The van der Waals surface area contributed by atoms with Gasteiger partial charge in [0.25, 0.3) is 0 Å². The van der Waals surface area contributed by atoms with E-state index in [1.165, 1.54) is 44.6 Å². The summed E-state index contributed by atoms with van der Waals surface area (Å²) in [5.41, 5.74) is 1.56. The first-order valence-corrected chi connectivity index (χ1v) is 7.66. The molecule has 6 heteroatoms. The van der Waals surface area contributed by atoms with E-state index in [9.17, 15) is 9.59 Å². The lowest BCUT2D eigenvalue weighted by molar-refractivity contribution is 0.0600. The van der Waals surface area contributed by atoms with Crippen molar-refractivity contribution in [3.05, 3.63) is 71.3 Å². The maximum absolute atomic E-state index is 12.4. The van der Waals surface area contributed by atoms with E-state index in [4.69, 9.17) is 19.5 Å². The summed E-state index contributed by atoms with van der Waals surface area (Å²) >= 11 is 0. The summed E-state index contributed by atoms with van der Waals surface area (Å²) in [4.78, 5) is 24.3. The number of carbonyl (C=O) groups excluding carboxylic acids is 2. The van der Waals surface area contributed by atoms with Crippen molar-refractivity contribution in [2.24, 2.45) is 0 Å². The van der Waals surface area contributed by atoms with Crippen molar-refractivity contribution < 1.29 is 23.8 Å². The van der Waals surface area contributed by atoms with Crippen LogP contribution in [-0.2, 0) is 11.2 Å². The predicted molar refractivity (Wildman–Crippen MR) is 94.4 cm³/mol. The van der Waals surface area contributed by atoms with E-state index in [0.717, 1.165) is 0 Å². The first kappa shape index (κ1) is 18.7. The van der Waals surface area contributed by atoms with Crippen LogP contribution in [0.1, 0.15) is 31.8 Å². The second-order valence-corrected chi connectivity index (χ2v) is 5.23. The molecule has 0 heterocycles. The highest BCUT2D eigenvalue weighted by atomic mass is 16.6. The summed E-state index contributed by atoms with van der Waals surface area (Å²) in [6.45, 7) is 3.68. The molecule has 0 atom stereocenters. The van der Waals surface area contributed by atoms with E-state index < -0.39 is 11.9 Å². The maximum atomic E-state index is 12.4. The van der Waals surface area contributed by atoms with E-state index in [1.807, 2.05) is 6.07 Å². The molecule has 0 aliphatic rings. The van der Waals surface area contributed by atoms with Gasteiger partial charge in [0.2, 0.25) is 0 Å². The maximum Gasteiger partial charge on any atom is 0.343 e. The Hall–Kier alpha value is -3.59. The number of rotatable bonds is 6. The van der Waals surface area contributed by atoms with Gasteiger partial charge in [0, 0.05) is 5.56 Å². The molecule has 26 heavy (non-hydrogen) atoms. The normalized spacial score (nSPS) is 9.73. The van der Waals surface area contributed by atoms with Crippen LogP contribution in [0.5, 0.6) is 11.5 Å². The second kappa shape index (κ2) is 8.49. The van der Waals surface area contributed by atoms with E-state index in [1.54, 1.807) is 12.1 Å². The molecule has 0 unspecified atom stereocenters. The number of methoxy groups -OCH3 is 2. The van der Waals surface area contributed by atoms with E-state index in [0.29, 0.717) is 17.5 Å². The largest absolute Gasteiger partial charge is 0.493 e. The van der Waals surface area contributed by atoms with Crippen molar-refractivity contribution in [3.63, 3.8) is 0 Å². The summed E-state index contributed by atoms with van der Waals surface area (Å²) in [6.07, 6.45) is 1.98. The molecule has 6 nitrogen and oxygen atoms in total. The van der Waals surface area contributed by atoms with Crippen LogP contribution in [0.15, 0.2) is 49.1 Å². The van der Waals surface area contributed by atoms with Gasteiger partial charge in [0.05, 0.1) is 37.0 Å². The highest BCUT2D eigenvalue weighted by Crippen LogP contribution is 2.34. The monoisotopic (exact) mass is 351 g/mol. The first-order chi connectivity index (χ1) is 12.5. The molecule has 0 radical (unpaired) electrons. The summed E-state index contributed by atoms with van der Waals surface area (Å²) in [6, 6.07) is 11.1. The summed E-state index contributed by atoms with van der Waals surface area (Å²) in [7, 11) is 2.69. The lowest BCUT2D eigenvalue weighted by Gasteiger charge is -2.15. The number of ether oxygens (including phenoxy) is 3. The molecule has 0 amide bonds. The number of hydrogen-bond acceptors (Lipinski definition) is 6. The third-order valence-electron chi connectivity index (χ3n) is 3.58. The van der Waals surface area contributed by atoms with Gasteiger partial charge in [0.15, 0.2) is 11.5 Å². The Morgan fingerprint density at radius 3 is 2.35 bits per heavy atom. The highest BCUT2D eigenvalue weighted by Gasteiger charge is 2.20. The smallest absolute Gasteiger partial charge is 0.343 e. The molecule has 0 N–H and O–H groups in total. The average Bonchev–Trinajstić information content (AvgIpc) is 2.68. The molecule has 2 rings (SSSR count). The third-order valence-corrected chi connectivity index (χ3v) is 3.58. The number of esters is 2. The molecular formula is C20H17NO5. The standard InChI is InChI=1S/C20H17NO5/c1-4-5-15-10-16(19(22)25-3)11-17(24-2)18(15)26-20(23)14-8-6-13(12-21)7-9-14/h4,6-11H,1,5H2,2-3H3. The fraction of sp³-hybridized carbons (Fsp3) is 0.150. The second-order valence-electron chi connectivity index (χ2n) is 5.23. The molecule has 0 bridgehead atoms. The topological polar surface area (TPSA) is 85.6 Å². The lowest BCUT2D eigenvalue weighted by Crippen LogP contribution is -2.12. The molecule has 0 saturated heterocycles. The quantitative estimate of drug-likeness (QED) is 0.451. The van der Waals surface area contributed by atoms with Gasteiger partial charge < -0.3 is 14.2 Å². The molecule has 0 aliphatic heterocycles. The Balaban J connectivity index is 2.42. The van der Waals surface area contributed by atoms with Crippen LogP contribution in [0.25, 0.3) is 0 Å². The summed E-state index contributed by atoms with van der Waals surface area (Å²) in [5, 5.41) is 8.83. The molecule has 0 aromatic heterocycles. The zero-order valence-corrected chi connectivity index (χ0v) is 14.4. The Morgan fingerprint density at radius 2 is 1.81 bits per heavy atom. The van der Waals surface area contributed by atoms with E-state index >= 15 is 0 Å². The Bertz CT molecular complexity index is 878. The van der Waals surface area contributed by atoms with Gasteiger partial charge in [-0.15, -0.1) is 6.58 Å². The van der Waals surface area contributed by atoms with Crippen LogP contribution in [0.3, 0.4) is 0 Å². The van der Waals surface area contributed by atoms with Crippen LogP contribution in [0.4, 0.5) is 0 Å². The SMILES string of the molecule is C=CCc1cc(C(=O)OC)cc(OC)c1OC(=O)c1ccc(C#N)cc1. The van der Waals surface area contributed by atoms with Gasteiger partial charge in [-0.2, -0.15) is 5.26 Å². The van der Waals surface area contributed by atoms with Crippen LogP contribution < -0.4 is 9.47 Å². The highest BCUT2D eigenvalue weighted by molar-refractivity contribution is 5.93. The molecule has 0 saturated carbocycles. The lowest BCUT2D eigenvalue weighted by atomic mass is 10.1. The molecule has 2 aromatic carbocycles. The van der Waals surface area contributed by atoms with Gasteiger partial charge in [-0.25, -0.2) is 9.59 Å². The van der Waals surface area contributed by atoms with Gasteiger partial charge in [-0.1, -0.05) is 6.08 Å². The fourth-order valence-electron chi connectivity index (χ4n) is 2.30. The average molecular weight is 351 g/mol. The number of benzene rings is 2. The minimum Gasteiger partial charge on any atom is -0.493 e. The number of allylic oxidation sites excluding steroid dienone is 1. The van der Waals surface area contributed by atoms with Crippen molar-refractivity contribution in [3.8, 4) is 17.6 Å². The first-order valence-electron chi connectivity index (χ1n) is 7.66. The minimum atomic E-state index is -0.607. The Kier molecular flexibility index (Phi) is 6.12. The van der Waals surface area contributed by atoms with Crippen LogP contribution >= 0.6 is 0 Å². The van der Waals surface area contributed by atoms with Gasteiger partial charge in [-0.3, -0.25) is 0 Å². The van der Waals surface area contributed by atoms with Crippen molar-refractivity contribution in [1.82, 2.24) is 0 Å². The molecule has 2 aromatic rings. The van der Waals surface area contributed by atoms with Gasteiger partial charge >= 0.3 is 11.9 Å². The fourth-order valence-corrected chi connectivity index (χ4v) is 2.30. The summed E-state index contributed by atoms with van der Waals surface area (Å²) in [5.74, 6) is -0.705. The predicted octanol–water partition coefficient (Wildman–Crippen LogP) is 3.30. The third kappa shape index (κ3) is 4.08. The molecule has 132 valence electrons. The number of nitrogens with zero attached hydrogens (tertiary/aromatic N) is 1. The van der Waals surface area contributed by atoms with Crippen LogP contribution in [0, 0.1) is 11.3 Å². The van der Waals surface area contributed by atoms with Gasteiger partial charge in [-0.05, 0) is 42.8 Å². The number of carbonyl (C=O) groups is 2. The molecule has 0 fully saturated rings. The number of nitriles is 1. The minimum absolute atomic E-state index is 0.203. The van der Waals surface area contributed by atoms with Crippen molar-refractivity contribution >= 4 is 11.9 Å². The molecular weight excluding hydrogens is 334 g/mol. The number of hydrogen-bond donors (Lipinski definition) is 0. The van der Waals surface area contributed by atoms with E-state index in [2.05, 4.69) is 6.58 Å².